The van der Waals surface area contributed by atoms with Crippen LogP contribution in [0.2, 0.25) is 0 Å². The van der Waals surface area contributed by atoms with Crippen LogP contribution in [0.4, 0.5) is 0 Å². The lowest BCUT2D eigenvalue weighted by Crippen LogP contribution is -2.39. The molecule has 1 unspecified atom stereocenters. The Morgan fingerprint density at radius 2 is 2.00 bits per heavy atom. The number of para-hydroxylation sites is 3. The minimum absolute atomic E-state index is 0.377. The van der Waals surface area contributed by atoms with E-state index >= 15 is 0 Å². The number of aryl methyl sites for hydroxylation is 1. The first-order valence-electron chi connectivity index (χ1n) is 8.39. The molecule has 1 aromatic heterocycles. The van der Waals surface area contributed by atoms with Gasteiger partial charge in [0.2, 0.25) is 0 Å². The first kappa shape index (κ1) is 17.9. The van der Waals surface area contributed by atoms with E-state index in [2.05, 4.69) is 4.57 Å². The van der Waals surface area contributed by atoms with Gasteiger partial charge >= 0.3 is 0 Å². The van der Waals surface area contributed by atoms with Gasteiger partial charge in [0.1, 0.15) is 11.6 Å². The molecule has 4 N–H and O–H groups in total. The Morgan fingerprint density at radius 3 is 2.77 bits per heavy atom. The summed E-state index contributed by atoms with van der Waals surface area (Å²) in [4.78, 5) is 16.1. The Hall–Kier alpha value is -2.90. The number of imidazole rings is 1. The quantitative estimate of drug-likeness (QED) is 0.444. The van der Waals surface area contributed by atoms with Crippen LogP contribution in [0.25, 0.3) is 11.0 Å². The molecule has 1 heterocycles. The zero-order valence-corrected chi connectivity index (χ0v) is 14.6. The van der Waals surface area contributed by atoms with Crippen LogP contribution in [0.5, 0.6) is 5.75 Å². The number of rotatable bonds is 7. The molecule has 0 aliphatic carbocycles. The second-order valence-corrected chi connectivity index (χ2v) is 6.04. The van der Waals surface area contributed by atoms with Crippen molar-refractivity contribution in [2.24, 2.45) is 5.73 Å². The fourth-order valence-corrected chi connectivity index (χ4v) is 3.00. The SMILES string of the molecule is COc1ccccc1Cn1c(CCC(N)C(=O)NO)nc2ccccc21. The van der Waals surface area contributed by atoms with Gasteiger partial charge in [-0.05, 0) is 24.6 Å². The highest BCUT2D eigenvalue weighted by Crippen LogP contribution is 2.23. The number of carbonyl (C=O) groups is 1. The number of hydroxylamine groups is 1. The normalized spacial score (nSPS) is 12.1. The third-order valence-electron chi connectivity index (χ3n) is 4.38. The van der Waals surface area contributed by atoms with Crippen LogP contribution in [0, 0.1) is 0 Å². The van der Waals surface area contributed by atoms with Crippen molar-refractivity contribution >= 4 is 16.9 Å². The van der Waals surface area contributed by atoms with E-state index in [0.717, 1.165) is 28.2 Å². The number of benzene rings is 2. The first-order valence-corrected chi connectivity index (χ1v) is 8.39. The number of nitrogens with zero attached hydrogens (tertiary/aromatic N) is 2. The molecule has 1 atom stereocenters. The average molecular weight is 354 g/mol. The van der Waals surface area contributed by atoms with E-state index in [9.17, 15) is 4.79 Å². The lowest BCUT2D eigenvalue weighted by Gasteiger charge is -2.13. The molecule has 0 saturated carbocycles. The fourth-order valence-electron chi connectivity index (χ4n) is 3.00. The number of nitrogens with one attached hydrogen (secondary N) is 1. The van der Waals surface area contributed by atoms with Crippen molar-refractivity contribution in [3.8, 4) is 5.75 Å². The number of fused-ring (bicyclic) bond motifs is 1. The van der Waals surface area contributed by atoms with Crippen molar-refractivity contribution in [3.05, 3.63) is 59.9 Å². The van der Waals surface area contributed by atoms with Crippen molar-refractivity contribution in [1.29, 1.82) is 0 Å². The molecule has 0 bridgehead atoms. The minimum Gasteiger partial charge on any atom is -0.496 e. The van der Waals surface area contributed by atoms with E-state index in [1.165, 1.54) is 0 Å². The maximum atomic E-state index is 11.4. The molecule has 0 spiro atoms. The molecular formula is C19H22N4O3. The highest BCUT2D eigenvalue weighted by Gasteiger charge is 2.17. The lowest BCUT2D eigenvalue weighted by atomic mass is 10.1. The molecule has 0 aliphatic heterocycles. The number of hydrogen-bond donors (Lipinski definition) is 3. The maximum absolute atomic E-state index is 11.4. The first-order chi connectivity index (χ1) is 12.6. The zero-order chi connectivity index (χ0) is 18.5. The number of aromatic nitrogens is 2. The summed E-state index contributed by atoms with van der Waals surface area (Å²) in [5, 5.41) is 8.71. The molecule has 3 rings (SSSR count). The molecule has 0 radical (unpaired) electrons. The Labute approximate surface area is 151 Å². The summed E-state index contributed by atoms with van der Waals surface area (Å²) in [6.45, 7) is 0.599. The predicted molar refractivity (Wildman–Crippen MR) is 98.1 cm³/mol. The van der Waals surface area contributed by atoms with Crippen LogP contribution in [-0.2, 0) is 17.8 Å². The third kappa shape index (κ3) is 3.68. The van der Waals surface area contributed by atoms with Crippen molar-refractivity contribution in [3.63, 3.8) is 0 Å². The number of methoxy groups -OCH3 is 1. The van der Waals surface area contributed by atoms with Crippen LogP contribution in [-0.4, -0.2) is 33.8 Å². The van der Waals surface area contributed by atoms with Gasteiger partial charge in [0, 0.05) is 12.0 Å². The molecule has 7 heteroatoms. The van der Waals surface area contributed by atoms with Crippen LogP contribution in [0.3, 0.4) is 0 Å². The van der Waals surface area contributed by atoms with Gasteiger partial charge in [0.25, 0.3) is 5.91 Å². The molecule has 0 fully saturated rings. The fraction of sp³-hybridized carbons (Fsp3) is 0.263. The van der Waals surface area contributed by atoms with Gasteiger partial charge in [0.05, 0.1) is 30.7 Å². The molecule has 0 saturated heterocycles. The summed E-state index contributed by atoms with van der Waals surface area (Å²) >= 11 is 0. The summed E-state index contributed by atoms with van der Waals surface area (Å²) < 4.78 is 7.56. The Kier molecular flexibility index (Phi) is 5.50. The van der Waals surface area contributed by atoms with Crippen LogP contribution < -0.4 is 16.0 Å². The average Bonchev–Trinajstić information content (AvgIpc) is 3.03. The van der Waals surface area contributed by atoms with Crippen molar-refractivity contribution in [1.82, 2.24) is 15.0 Å². The molecule has 136 valence electrons. The smallest absolute Gasteiger partial charge is 0.260 e. The van der Waals surface area contributed by atoms with Gasteiger partial charge in [-0.2, -0.15) is 0 Å². The van der Waals surface area contributed by atoms with E-state index in [1.54, 1.807) is 12.6 Å². The minimum atomic E-state index is -0.792. The van der Waals surface area contributed by atoms with E-state index < -0.39 is 11.9 Å². The molecule has 1 amide bonds. The maximum Gasteiger partial charge on any atom is 0.260 e. The van der Waals surface area contributed by atoms with Crippen molar-refractivity contribution in [2.45, 2.75) is 25.4 Å². The van der Waals surface area contributed by atoms with Gasteiger partial charge in [0.15, 0.2) is 0 Å². The molecule has 26 heavy (non-hydrogen) atoms. The van der Waals surface area contributed by atoms with E-state index in [-0.39, 0.29) is 0 Å². The Bertz CT molecular complexity index is 907. The van der Waals surface area contributed by atoms with Crippen molar-refractivity contribution in [2.75, 3.05) is 7.11 Å². The van der Waals surface area contributed by atoms with Gasteiger partial charge in [-0.1, -0.05) is 30.3 Å². The second kappa shape index (κ2) is 7.99. The van der Waals surface area contributed by atoms with Gasteiger partial charge in [-0.3, -0.25) is 10.0 Å². The predicted octanol–water partition coefficient (Wildman–Crippen LogP) is 1.86. The molecule has 7 nitrogen and oxygen atoms in total. The van der Waals surface area contributed by atoms with Gasteiger partial charge in [-0.25, -0.2) is 10.5 Å². The molecule has 3 aromatic rings. The Morgan fingerprint density at radius 1 is 1.27 bits per heavy atom. The van der Waals surface area contributed by atoms with E-state index in [0.29, 0.717) is 19.4 Å². The van der Waals surface area contributed by atoms with Crippen LogP contribution in [0.1, 0.15) is 17.8 Å². The largest absolute Gasteiger partial charge is 0.496 e. The lowest BCUT2D eigenvalue weighted by molar-refractivity contribution is -0.130. The van der Waals surface area contributed by atoms with Crippen molar-refractivity contribution < 1.29 is 14.7 Å². The standard InChI is InChI=1S/C19H22N4O3/c1-26-17-9-5-2-6-13(17)12-23-16-8-4-3-7-15(16)21-18(23)11-10-14(20)19(24)22-25/h2-9,14,25H,10-12,20H2,1H3,(H,22,24). The summed E-state index contributed by atoms with van der Waals surface area (Å²) in [5.74, 6) is 1.04. The van der Waals surface area contributed by atoms with Crippen LogP contribution >= 0.6 is 0 Å². The zero-order valence-electron chi connectivity index (χ0n) is 14.6. The summed E-state index contributed by atoms with van der Waals surface area (Å²) in [7, 11) is 1.65. The highest BCUT2D eigenvalue weighted by molar-refractivity contribution is 5.80. The number of hydrogen-bond acceptors (Lipinski definition) is 5. The van der Waals surface area contributed by atoms with Crippen LogP contribution in [0.15, 0.2) is 48.5 Å². The van der Waals surface area contributed by atoms with E-state index in [1.807, 2.05) is 48.5 Å². The molecule has 0 aliphatic rings. The van der Waals surface area contributed by atoms with Gasteiger partial charge in [-0.15, -0.1) is 0 Å². The summed E-state index contributed by atoms with van der Waals surface area (Å²) in [5.41, 5.74) is 10.3. The summed E-state index contributed by atoms with van der Waals surface area (Å²) in [6, 6.07) is 14.9. The molecular weight excluding hydrogens is 332 g/mol. The number of nitrogens with two attached hydrogens (primary N) is 1. The van der Waals surface area contributed by atoms with Gasteiger partial charge < -0.3 is 15.0 Å². The third-order valence-corrected chi connectivity index (χ3v) is 4.38. The number of carbonyl (C=O) groups excluding carboxylic acids is 1. The van der Waals surface area contributed by atoms with E-state index in [4.69, 9.17) is 20.7 Å². The monoisotopic (exact) mass is 354 g/mol. The number of ether oxygens (including phenoxy) is 1. The Balaban J connectivity index is 1.93. The second-order valence-electron chi connectivity index (χ2n) is 6.04. The molecule has 2 aromatic carbocycles. The highest BCUT2D eigenvalue weighted by atomic mass is 16.5. The topological polar surface area (TPSA) is 102 Å². The summed E-state index contributed by atoms with van der Waals surface area (Å²) in [6.07, 6.45) is 0.889. The number of amides is 1.